The summed E-state index contributed by atoms with van der Waals surface area (Å²) in [4.78, 5) is 20.2. The minimum atomic E-state index is -0.910. The molecule has 0 bridgehead atoms. The Bertz CT molecular complexity index is 782. The van der Waals surface area contributed by atoms with Gasteiger partial charge in [0.1, 0.15) is 0 Å². The van der Waals surface area contributed by atoms with Crippen molar-refractivity contribution in [3.05, 3.63) is 18.5 Å². The van der Waals surface area contributed by atoms with Crippen LogP contribution < -0.4 is 10.2 Å². The van der Waals surface area contributed by atoms with Gasteiger partial charge in [0.05, 0.1) is 5.39 Å². The van der Waals surface area contributed by atoms with Crippen LogP contribution >= 0.6 is 0 Å². The van der Waals surface area contributed by atoms with Crippen molar-refractivity contribution in [3.63, 3.8) is 0 Å². The molecule has 152 valence electrons. The first kappa shape index (κ1) is 19.1. The Labute approximate surface area is 164 Å². The summed E-state index contributed by atoms with van der Waals surface area (Å²) >= 11 is 0. The van der Waals surface area contributed by atoms with Crippen LogP contribution in [-0.4, -0.2) is 66.4 Å². The molecule has 1 aliphatic carbocycles. The van der Waals surface area contributed by atoms with Crippen LogP contribution in [0.3, 0.4) is 0 Å². The molecule has 1 amide bonds. The number of pyridine rings is 1. The van der Waals surface area contributed by atoms with E-state index in [9.17, 15) is 9.18 Å². The second-order valence-electron chi connectivity index (χ2n) is 7.91. The van der Waals surface area contributed by atoms with Crippen LogP contribution in [0.5, 0.6) is 0 Å². The van der Waals surface area contributed by atoms with Crippen molar-refractivity contribution in [2.75, 3.05) is 44.3 Å². The lowest BCUT2D eigenvalue weighted by Crippen LogP contribution is -2.47. The second-order valence-corrected chi connectivity index (χ2v) is 7.91. The molecular formula is C20H28FN5O2. The van der Waals surface area contributed by atoms with Gasteiger partial charge in [0.15, 0.2) is 18.1 Å². The van der Waals surface area contributed by atoms with Gasteiger partial charge in [-0.2, -0.15) is 0 Å². The highest BCUT2D eigenvalue weighted by Crippen LogP contribution is 2.28. The zero-order valence-corrected chi connectivity index (χ0v) is 16.1. The van der Waals surface area contributed by atoms with Crippen molar-refractivity contribution in [1.82, 2.24) is 20.4 Å². The van der Waals surface area contributed by atoms with Gasteiger partial charge in [-0.1, -0.05) is 5.16 Å². The molecule has 3 heterocycles. The van der Waals surface area contributed by atoms with Crippen molar-refractivity contribution in [1.29, 1.82) is 0 Å². The van der Waals surface area contributed by atoms with Crippen LogP contribution in [0.25, 0.3) is 11.0 Å². The molecule has 0 spiro atoms. The number of hydrogen-bond acceptors (Lipinski definition) is 6. The predicted octanol–water partition coefficient (Wildman–Crippen LogP) is 2.38. The maximum Gasteiger partial charge on any atom is 0.251 e. The SMILES string of the molecule is O=C(CF)NC1CCC(CCN2CCN(c3noc4ccncc34)CC2)CC1. The first-order chi connectivity index (χ1) is 13.7. The van der Waals surface area contributed by atoms with E-state index < -0.39 is 12.6 Å². The number of amides is 1. The van der Waals surface area contributed by atoms with Gasteiger partial charge in [-0.15, -0.1) is 0 Å². The Kier molecular flexibility index (Phi) is 6.04. The van der Waals surface area contributed by atoms with E-state index in [1.807, 2.05) is 12.3 Å². The molecule has 0 unspecified atom stereocenters. The Morgan fingerprint density at radius 2 is 2.00 bits per heavy atom. The van der Waals surface area contributed by atoms with Gasteiger partial charge >= 0.3 is 0 Å². The number of halogens is 1. The Balaban J connectivity index is 1.19. The fraction of sp³-hybridized carbons (Fsp3) is 0.650. The maximum atomic E-state index is 12.3. The smallest absolute Gasteiger partial charge is 0.251 e. The van der Waals surface area contributed by atoms with Crippen LogP contribution in [0, 0.1) is 5.92 Å². The third-order valence-electron chi connectivity index (χ3n) is 6.11. The summed E-state index contributed by atoms with van der Waals surface area (Å²) in [5, 5.41) is 7.99. The molecule has 2 aliphatic rings. The summed E-state index contributed by atoms with van der Waals surface area (Å²) in [7, 11) is 0. The minimum Gasteiger partial charge on any atom is -0.354 e. The third-order valence-corrected chi connectivity index (χ3v) is 6.11. The van der Waals surface area contributed by atoms with E-state index in [0.29, 0.717) is 5.92 Å². The van der Waals surface area contributed by atoms with Gasteiger partial charge in [-0.25, -0.2) is 4.39 Å². The molecule has 28 heavy (non-hydrogen) atoms. The third kappa shape index (κ3) is 4.43. The molecule has 2 fully saturated rings. The number of hydrogen-bond donors (Lipinski definition) is 1. The lowest BCUT2D eigenvalue weighted by Gasteiger charge is -2.36. The van der Waals surface area contributed by atoms with Gasteiger partial charge in [0.25, 0.3) is 5.91 Å². The number of nitrogens with one attached hydrogen (secondary N) is 1. The monoisotopic (exact) mass is 389 g/mol. The summed E-state index contributed by atoms with van der Waals surface area (Å²) < 4.78 is 17.7. The molecule has 7 nitrogen and oxygen atoms in total. The van der Waals surface area contributed by atoms with Crippen molar-refractivity contribution < 1.29 is 13.7 Å². The van der Waals surface area contributed by atoms with E-state index in [4.69, 9.17) is 4.52 Å². The highest BCUT2D eigenvalue weighted by atomic mass is 19.1. The molecule has 8 heteroatoms. The number of aromatic nitrogens is 2. The number of anilines is 1. The van der Waals surface area contributed by atoms with Crippen molar-refractivity contribution in [2.24, 2.45) is 5.92 Å². The van der Waals surface area contributed by atoms with Gasteiger partial charge < -0.3 is 14.7 Å². The molecule has 0 atom stereocenters. The number of rotatable bonds is 6. The molecule has 2 aromatic heterocycles. The Hall–Kier alpha value is -2.22. The largest absolute Gasteiger partial charge is 0.354 e. The minimum absolute atomic E-state index is 0.162. The topological polar surface area (TPSA) is 74.5 Å². The highest BCUT2D eigenvalue weighted by molar-refractivity contribution is 5.87. The standard InChI is InChI=1S/C20H28FN5O2/c21-13-19(27)23-16-3-1-15(2-4-16)6-8-25-9-11-26(12-10-25)20-17-14-22-7-5-18(17)28-24-20/h5,7,14-16H,1-4,6,8-13H2,(H,23,27). The number of carbonyl (C=O) groups is 1. The van der Waals surface area contributed by atoms with Crippen molar-refractivity contribution >= 4 is 22.7 Å². The van der Waals surface area contributed by atoms with E-state index in [2.05, 4.69) is 25.3 Å². The summed E-state index contributed by atoms with van der Waals surface area (Å²) in [5.41, 5.74) is 0.783. The van der Waals surface area contributed by atoms with Gasteiger partial charge in [0, 0.05) is 50.7 Å². The van der Waals surface area contributed by atoms with E-state index >= 15 is 0 Å². The summed E-state index contributed by atoms with van der Waals surface area (Å²) in [6.07, 6.45) is 8.91. The first-order valence-electron chi connectivity index (χ1n) is 10.2. The molecule has 4 rings (SSSR count). The fourth-order valence-corrected chi connectivity index (χ4v) is 4.41. The van der Waals surface area contributed by atoms with E-state index in [1.54, 1.807) is 6.20 Å². The van der Waals surface area contributed by atoms with Gasteiger partial charge in [-0.05, 0) is 44.6 Å². The number of piperazine rings is 1. The Morgan fingerprint density at radius 3 is 2.75 bits per heavy atom. The first-order valence-corrected chi connectivity index (χ1v) is 10.2. The van der Waals surface area contributed by atoms with Gasteiger partial charge in [0.2, 0.25) is 0 Å². The molecule has 1 aliphatic heterocycles. The average Bonchev–Trinajstić information content (AvgIpc) is 3.18. The zero-order valence-electron chi connectivity index (χ0n) is 16.1. The normalized spacial score (nSPS) is 23.8. The zero-order chi connectivity index (χ0) is 19.3. The molecule has 1 N–H and O–H groups in total. The van der Waals surface area contributed by atoms with E-state index in [-0.39, 0.29) is 6.04 Å². The molecule has 0 radical (unpaired) electrons. The fourth-order valence-electron chi connectivity index (χ4n) is 4.41. The summed E-state index contributed by atoms with van der Waals surface area (Å²) in [6.45, 7) is 4.14. The van der Waals surface area contributed by atoms with Gasteiger partial charge in [-0.3, -0.25) is 14.7 Å². The Morgan fingerprint density at radius 1 is 1.21 bits per heavy atom. The maximum absolute atomic E-state index is 12.3. The van der Waals surface area contributed by atoms with Crippen LogP contribution in [0.15, 0.2) is 23.0 Å². The second kappa shape index (κ2) is 8.86. The van der Waals surface area contributed by atoms with Crippen LogP contribution in [-0.2, 0) is 4.79 Å². The summed E-state index contributed by atoms with van der Waals surface area (Å²) in [5.74, 6) is 1.13. The number of carbonyl (C=O) groups excluding carboxylic acids is 1. The van der Waals surface area contributed by atoms with E-state index in [0.717, 1.165) is 75.2 Å². The summed E-state index contributed by atoms with van der Waals surface area (Å²) in [6, 6.07) is 2.01. The molecule has 0 aromatic carbocycles. The number of fused-ring (bicyclic) bond motifs is 1. The van der Waals surface area contributed by atoms with Crippen molar-refractivity contribution in [2.45, 2.75) is 38.1 Å². The van der Waals surface area contributed by atoms with Crippen LogP contribution in [0.2, 0.25) is 0 Å². The van der Waals surface area contributed by atoms with Crippen LogP contribution in [0.4, 0.5) is 10.2 Å². The molecule has 1 saturated carbocycles. The lowest BCUT2D eigenvalue weighted by atomic mass is 9.84. The molecular weight excluding hydrogens is 361 g/mol. The quantitative estimate of drug-likeness (QED) is 0.818. The van der Waals surface area contributed by atoms with E-state index in [1.165, 1.54) is 6.42 Å². The lowest BCUT2D eigenvalue weighted by molar-refractivity contribution is -0.122. The van der Waals surface area contributed by atoms with Crippen LogP contribution in [0.1, 0.15) is 32.1 Å². The average molecular weight is 389 g/mol. The number of alkyl halides is 1. The van der Waals surface area contributed by atoms with Crippen molar-refractivity contribution in [3.8, 4) is 0 Å². The predicted molar refractivity (Wildman–Crippen MR) is 105 cm³/mol. The molecule has 2 aromatic rings. The number of nitrogens with zero attached hydrogens (tertiary/aromatic N) is 4. The molecule has 1 saturated heterocycles. The highest BCUT2D eigenvalue weighted by Gasteiger charge is 2.25.